The number of sulfonamides is 1. The Bertz CT molecular complexity index is 954. The SMILES string of the molecule is CCCS(=O)(=O)N(CCCN1CCCC1=O)C(=O)CC(c1ccccc1)c1ccccc1. The molecule has 0 unspecified atom stereocenters. The lowest BCUT2D eigenvalue weighted by Gasteiger charge is -2.26. The number of benzene rings is 2. The number of nitrogens with zero attached hydrogens (tertiary/aromatic N) is 2. The largest absolute Gasteiger partial charge is 0.343 e. The molecule has 0 aromatic heterocycles. The molecule has 1 aliphatic rings. The first kappa shape index (κ1) is 24.0. The van der Waals surface area contributed by atoms with Crippen molar-refractivity contribution in [2.24, 2.45) is 0 Å². The molecule has 1 fully saturated rings. The van der Waals surface area contributed by atoms with Crippen LogP contribution in [0.5, 0.6) is 0 Å². The second-order valence-electron chi connectivity index (χ2n) is 8.20. The summed E-state index contributed by atoms with van der Waals surface area (Å²) in [7, 11) is -3.71. The van der Waals surface area contributed by atoms with Gasteiger partial charge in [-0.25, -0.2) is 12.7 Å². The Morgan fingerprint density at radius 1 is 1.03 bits per heavy atom. The molecule has 0 bridgehead atoms. The monoisotopic (exact) mass is 456 g/mol. The van der Waals surface area contributed by atoms with Gasteiger partial charge >= 0.3 is 0 Å². The van der Waals surface area contributed by atoms with Gasteiger partial charge in [-0.1, -0.05) is 67.6 Å². The van der Waals surface area contributed by atoms with Crippen LogP contribution in [0.25, 0.3) is 0 Å². The number of hydrogen-bond donors (Lipinski definition) is 0. The molecule has 6 nitrogen and oxygen atoms in total. The van der Waals surface area contributed by atoms with E-state index in [0.29, 0.717) is 32.4 Å². The minimum atomic E-state index is -3.71. The van der Waals surface area contributed by atoms with Crippen LogP contribution in [-0.4, -0.2) is 54.8 Å². The van der Waals surface area contributed by atoms with E-state index in [2.05, 4.69) is 0 Å². The molecule has 0 N–H and O–H groups in total. The Labute approximate surface area is 191 Å². The molecule has 2 amide bonds. The molecule has 3 rings (SSSR count). The van der Waals surface area contributed by atoms with Gasteiger partial charge < -0.3 is 4.90 Å². The normalized spacial score (nSPS) is 14.2. The summed E-state index contributed by atoms with van der Waals surface area (Å²) in [5, 5.41) is 0. The van der Waals surface area contributed by atoms with Crippen LogP contribution in [0.1, 0.15) is 56.1 Å². The van der Waals surface area contributed by atoms with Crippen molar-refractivity contribution in [2.75, 3.05) is 25.4 Å². The topological polar surface area (TPSA) is 74.8 Å². The predicted octanol–water partition coefficient (Wildman–Crippen LogP) is 3.79. The molecule has 7 heteroatoms. The van der Waals surface area contributed by atoms with Crippen LogP contribution in [0.3, 0.4) is 0 Å². The molecule has 1 saturated heterocycles. The molecule has 0 radical (unpaired) electrons. The quantitative estimate of drug-likeness (QED) is 0.516. The minimum absolute atomic E-state index is 0.0667. The zero-order valence-corrected chi connectivity index (χ0v) is 19.5. The molecular weight excluding hydrogens is 424 g/mol. The van der Waals surface area contributed by atoms with Gasteiger partial charge in [0.1, 0.15) is 0 Å². The fraction of sp³-hybridized carbons (Fsp3) is 0.440. The molecular formula is C25H32N2O4S. The Morgan fingerprint density at radius 2 is 1.62 bits per heavy atom. The van der Waals surface area contributed by atoms with E-state index in [9.17, 15) is 18.0 Å². The Hall–Kier alpha value is -2.67. The summed E-state index contributed by atoms with van der Waals surface area (Å²) in [5.41, 5.74) is 1.95. The van der Waals surface area contributed by atoms with Gasteiger partial charge in [-0.3, -0.25) is 9.59 Å². The van der Waals surface area contributed by atoms with Crippen LogP contribution < -0.4 is 0 Å². The number of hydrogen-bond acceptors (Lipinski definition) is 4. The van der Waals surface area contributed by atoms with Crippen molar-refractivity contribution in [3.63, 3.8) is 0 Å². The zero-order valence-electron chi connectivity index (χ0n) is 18.7. The summed E-state index contributed by atoms with van der Waals surface area (Å²) in [4.78, 5) is 27.0. The summed E-state index contributed by atoms with van der Waals surface area (Å²) < 4.78 is 26.9. The summed E-state index contributed by atoms with van der Waals surface area (Å²) in [6.07, 6.45) is 2.34. The van der Waals surface area contributed by atoms with E-state index in [4.69, 9.17) is 0 Å². The van der Waals surface area contributed by atoms with Crippen LogP contribution in [0.4, 0.5) is 0 Å². The lowest BCUT2D eigenvalue weighted by molar-refractivity contribution is -0.127. The van der Waals surface area contributed by atoms with Crippen molar-refractivity contribution >= 4 is 21.8 Å². The van der Waals surface area contributed by atoms with Crippen molar-refractivity contribution in [3.05, 3.63) is 71.8 Å². The van der Waals surface area contributed by atoms with Gasteiger partial charge in [-0.2, -0.15) is 0 Å². The number of amides is 2. The number of likely N-dealkylation sites (tertiary alicyclic amines) is 1. The molecule has 32 heavy (non-hydrogen) atoms. The van der Waals surface area contributed by atoms with E-state index in [1.807, 2.05) is 60.7 Å². The third kappa shape index (κ3) is 6.19. The van der Waals surface area contributed by atoms with Gasteiger partial charge in [-0.15, -0.1) is 0 Å². The van der Waals surface area contributed by atoms with Crippen LogP contribution >= 0.6 is 0 Å². The fourth-order valence-corrected chi connectivity index (χ4v) is 5.74. The number of rotatable bonds is 11. The van der Waals surface area contributed by atoms with E-state index >= 15 is 0 Å². The van der Waals surface area contributed by atoms with Crippen LogP contribution in [-0.2, 0) is 19.6 Å². The van der Waals surface area contributed by atoms with Gasteiger partial charge in [0.25, 0.3) is 0 Å². The van der Waals surface area contributed by atoms with Crippen molar-refractivity contribution in [1.82, 2.24) is 9.21 Å². The summed E-state index contributed by atoms with van der Waals surface area (Å²) in [5.74, 6) is -0.594. The van der Waals surface area contributed by atoms with Crippen molar-refractivity contribution in [2.45, 2.75) is 44.9 Å². The van der Waals surface area contributed by atoms with Gasteiger partial charge in [0.05, 0.1) is 5.75 Å². The maximum absolute atomic E-state index is 13.4. The van der Waals surface area contributed by atoms with Gasteiger partial charge in [0.15, 0.2) is 0 Å². The number of carbonyl (C=O) groups is 2. The summed E-state index contributed by atoms with van der Waals surface area (Å²) in [6, 6.07) is 19.4. The summed E-state index contributed by atoms with van der Waals surface area (Å²) in [6.45, 7) is 3.07. The van der Waals surface area contributed by atoms with E-state index in [0.717, 1.165) is 21.9 Å². The highest BCUT2D eigenvalue weighted by atomic mass is 32.2. The van der Waals surface area contributed by atoms with Crippen LogP contribution in [0.15, 0.2) is 60.7 Å². The number of carbonyl (C=O) groups excluding carboxylic acids is 2. The van der Waals surface area contributed by atoms with Crippen molar-refractivity contribution in [3.8, 4) is 0 Å². The summed E-state index contributed by atoms with van der Waals surface area (Å²) >= 11 is 0. The molecule has 2 aromatic rings. The lowest BCUT2D eigenvalue weighted by Crippen LogP contribution is -2.41. The maximum Gasteiger partial charge on any atom is 0.237 e. The Kier molecular flexibility index (Phi) is 8.45. The smallest absolute Gasteiger partial charge is 0.237 e. The fourth-order valence-electron chi connectivity index (χ4n) is 4.21. The Balaban J connectivity index is 1.79. The van der Waals surface area contributed by atoms with Crippen LogP contribution in [0.2, 0.25) is 0 Å². The van der Waals surface area contributed by atoms with E-state index in [-0.39, 0.29) is 30.5 Å². The molecule has 1 heterocycles. The standard InChI is InChI=1S/C25H32N2O4S/c1-2-19-32(30,31)27(18-10-17-26-16-9-15-24(26)28)25(29)20-23(21-11-5-3-6-12-21)22-13-7-4-8-14-22/h3-8,11-14,23H,2,9-10,15-20H2,1H3. The molecule has 0 atom stereocenters. The van der Waals surface area contributed by atoms with Gasteiger partial charge in [-0.05, 0) is 30.4 Å². The molecule has 0 spiro atoms. The van der Waals surface area contributed by atoms with E-state index in [1.54, 1.807) is 11.8 Å². The lowest BCUT2D eigenvalue weighted by atomic mass is 9.88. The Morgan fingerprint density at radius 3 is 2.12 bits per heavy atom. The highest BCUT2D eigenvalue weighted by Crippen LogP contribution is 2.29. The zero-order chi connectivity index (χ0) is 23.0. The second-order valence-corrected chi connectivity index (χ2v) is 10.2. The molecule has 2 aromatic carbocycles. The van der Waals surface area contributed by atoms with Crippen molar-refractivity contribution < 1.29 is 18.0 Å². The third-order valence-electron chi connectivity index (χ3n) is 5.82. The highest BCUT2D eigenvalue weighted by Gasteiger charge is 2.30. The molecule has 0 saturated carbocycles. The highest BCUT2D eigenvalue weighted by molar-refractivity contribution is 7.89. The first-order valence-electron chi connectivity index (χ1n) is 11.3. The maximum atomic E-state index is 13.4. The van der Waals surface area contributed by atoms with Crippen molar-refractivity contribution in [1.29, 1.82) is 0 Å². The van der Waals surface area contributed by atoms with Gasteiger partial charge in [0, 0.05) is 38.4 Å². The first-order chi connectivity index (χ1) is 15.4. The minimum Gasteiger partial charge on any atom is -0.343 e. The van der Waals surface area contributed by atoms with E-state index in [1.165, 1.54) is 0 Å². The van der Waals surface area contributed by atoms with Gasteiger partial charge in [0.2, 0.25) is 21.8 Å². The predicted molar refractivity (Wildman–Crippen MR) is 126 cm³/mol. The first-order valence-corrected chi connectivity index (χ1v) is 12.9. The second kappa shape index (κ2) is 11.3. The average Bonchev–Trinajstić information content (AvgIpc) is 3.20. The van der Waals surface area contributed by atoms with Crippen LogP contribution in [0, 0.1) is 0 Å². The molecule has 1 aliphatic heterocycles. The molecule has 172 valence electrons. The average molecular weight is 457 g/mol. The molecule has 0 aliphatic carbocycles. The third-order valence-corrected chi connectivity index (χ3v) is 7.80. The van der Waals surface area contributed by atoms with E-state index < -0.39 is 15.9 Å².